The lowest BCUT2D eigenvalue weighted by Crippen LogP contribution is -2.31. The summed E-state index contributed by atoms with van der Waals surface area (Å²) in [5, 5.41) is 0. The van der Waals surface area contributed by atoms with Crippen molar-refractivity contribution in [3.05, 3.63) is 80.6 Å². The van der Waals surface area contributed by atoms with Gasteiger partial charge in [-0.15, -0.1) is 0 Å². The number of ether oxygens (including phenoxy) is 4. The van der Waals surface area contributed by atoms with E-state index in [-0.39, 0.29) is 29.7 Å². The number of benzene rings is 2. The van der Waals surface area contributed by atoms with E-state index < -0.39 is 11.9 Å². The quantitative estimate of drug-likeness (QED) is 0.487. The normalized spacial score (nSPS) is 17.6. The van der Waals surface area contributed by atoms with Gasteiger partial charge in [0.15, 0.2) is 17.3 Å². The van der Waals surface area contributed by atoms with E-state index in [1.54, 1.807) is 30.3 Å². The molecule has 0 amide bonds. The number of methoxy groups -OCH3 is 1. The van der Waals surface area contributed by atoms with Crippen LogP contribution in [0.15, 0.2) is 63.7 Å². The van der Waals surface area contributed by atoms with E-state index >= 15 is 0 Å². The van der Waals surface area contributed by atoms with Crippen molar-refractivity contribution in [1.82, 2.24) is 0 Å². The van der Waals surface area contributed by atoms with E-state index in [0.717, 1.165) is 0 Å². The lowest BCUT2D eigenvalue weighted by molar-refractivity contribution is -0.136. The third-order valence-electron chi connectivity index (χ3n) is 5.88. The van der Waals surface area contributed by atoms with Crippen LogP contribution in [0.5, 0.6) is 11.5 Å². The van der Waals surface area contributed by atoms with Crippen LogP contribution >= 0.6 is 15.9 Å². The Bertz CT molecular complexity index is 1240. The van der Waals surface area contributed by atoms with Crippen LogP contribution in [0.25, 0.3) is 0 Å². The first-order valence-electron chi connectivity index (χ1n) is 11.2. The van der Waals surface area contributed by atoms with Crippen molar-refractivity contribution in [2.45, 2.75) is 38.7 Å². The molecule has 9 heteroatoms. The summed E-state index contributed by atoms with van der Waals surface area (Å²) >= 11 is 3.52. The summed E-state index contributed by atoms with van der Waals surface area (Å²) < 4.78 is 37.0. The highest BCUT2D eigenvalue weighted by atomic mass is 79.9. The number of hydrogen-bond acceptors (Lipinski definition) is 7. The van der Waals surface area contributed by atoms with Gasteiger partial charge in [-0.3, -0.25) is 4.79 Å². The highest BCUT2D eigenvalue weighted by molar-refractivity contribution is 9.10. The molecule has 2 aliphatic rings. The maximum absolute atomic E-state index is 14.1. The topological polar surface area (TPSA) is 97.1 Å². The summed E-state index contributed by atoms with van der Waals surface area (Å²) in [4.78, 5) is 25.7. The fourth-order valence-electron chi connectivity index (χ4n) is 4.32. The molecule has 0 spiro atoms. The Morgan fingerprint density at radius 1 is 1.23 bits per heavy atom. The Balaban J connectivity index is 1.80. The number of rotatable bonds is 7. The minimum atomic E-state index is -0.796. The number of Topliss-reactive ketones (excluding diaryl/α,β-unsaturated/α-hetero) is 1. The Morgan fingerprint density at radius 3 is 2.71 bits per heavy atom. The van der Waals surface area contributed by atoms with Crippen LogP contribution in [-0.4, -0.2) is 25.5 Å². The zero-order valence-electron chi connectivity index (χ0n) is 19.4. The van der Waals surface area contributed by atoms with Crippen LogP contribution in [0.4, 0.5) is 4.39 Å². The molecule has 1 heterocycles. The Morgan fingerprint density at radius 2 is 2.00 bits per heavy atom. The van der Waals surface area contributed by atoms with Crippen LogP contribution in [0.1, 0.15) is 43.2 Å². The largest absolute Gasteiger partial charge is 0.490 e. The first-order chi connectivity index (χ1) is 16.8. The van der Waals surface area contributed by atoms with Crippen molar-refractivity contribution >= 4 is 27.7 Å². The number of allylic oxidation sites excluding steroid dienone is 2. The number of nitrogens with two attached hydrogens (primary N) is 1. The average molecular weight is 546 g/mol. The summed E-state index contributed by atoms with van der Waals surface area (Å²) in [7, 11) is 1.24. The summed E-state index contributed by atoms with van der Waals surface area (Å²) in [6.45, 7) is 2.13. The highest BCUT2D eigenvalue weighted by Gasteiger charge is 2.41. The Kier molecular flexibility index (Phi) is 7.45. The molecule has 0 aromatic heterocycles. The maximum Gasteiger partial charge on any atom is 0.340 e. The number of halogens is 2. The van der Waals surface area contributed by atoms with Gasteiger partial charge in [-0.1, -0.05) is 18.2 Å². The van der Waals surface area contributed by atoms with Crippen LogP contribution in [0.3, 0.4) is 0 Å². The monoisotopic (exact) mass is 545 g/mol. The molecule has 1 aliphatic carbocycles. The molecular formula is C26H25BrFNO6. The second kappa shape index (κ2) is 10.5. The lowest BCUT2D eigenvalue weighted by atomic mass is 9.77. The van der Waals surface area contributed by atoms with Gasteiger partial charge >= 0.3 is 5.97 Å². The number of ketones is 1. The second-order valence-corrected chi connectivity index (χ2v) is 8.92. The van der Waals surface area contributed by atoms with Crippen molar-refractivity contribution in [1.29, 1.82) is 0 Å². The molecule has 7 nitrogen and oxygen atoms in total. The van der Waals surface area contributed by atoms with Gasteiger partial charge in [-0.2, -0.15) is 0 Å². The second-order valence-electron chi connectivity index (χ2n) is 8.06. The highest BCUT2D eigenvalue weighted by Crippen LogP contribution is 2.47. The predicted molar refractivity (Wildman–Crippen MR) is 129 cm³/mol. The third-order valence-corrected chi connectivity index (χ3v) is 6.47. The van der Waals surface area contributed by atoms with Gasteiger partial charge < -0.3 is 24.7 Å². The Hall–Kier alpha value is -3.33. The van der Waals surface area contributed by atoms with Gasteiger partial charge in [0.05, 0.1) is 24.1 Å². The molecule has 1 atom stereocenters. The molecule has 35 heavy (non-hydrogen) atoms. The first kappa shape index (κ1) is 24.8. The van der Waals surface area contributed by atoms with Crippen LogP contribution < -0.4 is 15.2 Å². The van der Waals surface area contributed by atoms with Gasteiger partial charge in [0.25, 0.3) is 0 Å². The number of hydrogen-bond donors (Lipinski definition) is 1. The van der Waals surface area contributed by atoms with Crippen molar-refractivity contribution in [2.24, 2.45) is 5.73 Å². The lowest BCUT2D eigenvalue weighted by Gasteiger charge is -2.32. The van der Waals surface area contributed by atoms with Gasteiger partial charge in [-0.05, 0) is 53.0 Å². The molecule has 184 valence electrons. The van der Waals surface area contributed by atoms with Gasteiger partial charge in [0.1, 0.15) is 23.8 Å². The third kappa shape index (κ3) is 4.91. The zero-order chi connectivity index (χ0) is 25.1. The van der Waals surface area contributed by atoms with Crippen molar-refractivity contribution in [3.63, 3.8) is 0 Å². The zero-order valence-corrected chi connectivity index (χ0v) is 20.9. The van der Waals surface area contributed by atoms with Crippen molar-refractivity contribution in [3.8, 4) is 11.5 Å². The fourth-order valence-corrected chi connectivity index (χ4v) is 4.90. The summed E-state index contributed by atoms with van der Waals surface area (Å²) in [6, 6.07) is 9.77. The SMILES string of the molecule is CCOc1cc([C@@H]2C(C(=O)OC)=C(N)OC3=C2C(=O)CCC3)cc(Br)c1OCc1ccccc1F. The molecule has 0 saturated heterocycles. The minimum absolute atomic E-state index is 0.0178. The molecule has 2 N–H and O–H groups in total. The van der Waals surface area contributed by atoms with E-state index in [4.69, 9.17) is 24.7 Å². The van der Waals surface area contributed by atoms with Crippen molar-refractivity contribution < 1.29 is 32.9 Å². The number of carbonyl (C=O) groups is 2. The molecule has 0 unspecified atom stereocenters. The van der Waals surface area contributed by atoms with Gasteiger partial charge in [0.2, 0.25) is 5.88 Å². The van der Waals surface area contributed by atoms with E-state index in [9.17, 15) is 14.0 Å². The standard InChI is InChI=1S/C26H25BrFNO6/c1-3-33-20-12-15(11-16(27)24(20)34-13-14-7-4-5-8-17(14)28)21-22-18(30)9-6-10-19(22)35-25(29)23(21)26(31)32-2/h4-5,7-8,11-12,21H,3,6,9-10,13,29H2,1-2H3/t21-/m0/s1. The summed E-state index contributed by atoms with van der Waals surface area (Å²) in [6.07, 6.45) is 1.52. The van der Waals surface area contributed by atoms with E-state index in [0.29, 0.717) is 64.3 Å². The molecular weight excluding hydrogens is 521 g/mol. The van der Waals surface area contributed by atoms with Gasteiger partial charge in [0, 0.05) is 24.0 Å². The van der Waals surface area contributed by atoms with E-state index in [1.807, 2.05) is 6.92 Å². The fraction of sp³-hybridized carbons (Fsp3) is 0.308. The number of esters is 1. The minimum Gasteiger partial charge on any atom is -0.490 e. The summed E-state index contributed by atoms with van der Waals surface area (Å²) in [5.74, 6) is -0.867. The predicted octanol–water partition coefficient (Wildman–Crippen LogP) is 5.03. The molecule has 0 radical (unpaired) electrons. The van der Waals surface area contributed by atoms with Crippen molar-refractivity contribution in [2.75, 3.05) is 13.7 Å². The van der Waals surface area contributed by atoms with Crippen LogP contribution in [0, 0.1) is 5.82 Å². The number of carbonyl (C=O) groups excluding carboxylic acids is 2. The molecule has 0 saturated carbocycles. The Labute approximate surface area is 210 Å². The first-order valence-corrected chi connectivity index (χ1v) is 12.0. The van der Waals surface area contributed by atoms with Crippen LogP contribution in [-0.2, 0) is 25.7 Å². The molecule has 4 rings (SSSR count). The molecule has 1 aliphatic heterocycles. The molecule has 0 fully saturated rings. The smallest absolute Gasteiger partial charge is 0.340 e. The maximum atomic E-state index is 14.1. The molecule has 2 aromatic carbocycles. The average Bonchev–Trinajstić information content (AvgIpc) is 2.83. The van der Waals surface area contributed by atoms with E-state index in [2.05, 4.69) is 15.9 Å². The van der Waals surface area contributed by atoms with Crippen LogP contribution in [0.2, 0.25) is 0 Å². The molecule has 2 aromatic rings. The van der Waals surface area contributed by atoms with Gasteiger partial charge in [-0.25, -0.2) is 9.18 Å². The van der Waals surface area contributed by atoms with E-state index in [1.165, 1.54) is 13.2 Å². The molecule has 0 bridgehead atoms. The summed E-state index contributed by atoms with van der Waals surface area (Å²) in [5.41, 5.74) is 7.54.